The molecular formula is C20H32O4. The van der Waals surface area contributed by atoms with Gasteiger partial charge < -0.3 is 10.2 Å². The molecule has 0 radical (unpaired) electrons. The summed E-state index contributed by atoms with van der Waals surface area (Å²) in [7, 11) is 0. The second kappa shape index (κ2) is 12.6. The van der Waals surface area contributed by atoms with E-state index in [1.807, 2.05) is 13.8 Å². The minimum atomic E-state index is -1.18. The summed E-state index contributed by atoms with van der Waals surface area (Å²) in [4.78, 5) is 23.3. The Morgan fingerprint density at radius 3 is 1.25 bits per heavy atom. The zero-order chi connectivity index (χ0) is 18.5. The molecule has 4 nitrogen and oxygen atoms in total. The van der Waals surface area contributed by atoms with Gasteiger partial charge in [0, 0.05) is 0 Å². The minimum Gasteiger partial charge on any atom is -0.478 e. The normalized spacial score (nSPS) is 13.7. The van der Waals surface area contributed by atoms with Crippen molar-refractivity contribution in [3.05, 3.63) is 34.4 Å². The first kappa shape index (κ1) is 22.2. The van der Waals surface area contributed by atoms with Crippen LogP contribution < -0.4 is 0 Å². The molecule has 0 spiro atoms. The van der Waals surface area contributed by atoms with Gasteiger partial charge in [-0.1, -0.05) is 51.7 Å². The first-order valence-corrected chi connectivity index (χ1v) is 9.00. The summed E-state index contributed by atoms with van der Waals surface area (Å²) in [5, 5.41) is 19.1. The van der Waals surface area contributed by atoms with Crippen LogP contribution in [0.15, 0.2) is 34.4 Å². The number of unbranched alkanes of at least 4 members (excludes halogenated alkanes) is 2. The summed E-state index contributed by atoms with van der Waals surface area (Å²) >= 11 is 0. The van der Waals surface area contributed by atoms with Crippen molar-refractivity contribution in [3.8, 4) is 0 Å². The Labute approximate surface area is 146 Å². The van der Waals surface area contributed by atoms with Crippen molar-refractivity contribution in [2.45, 2.75) is 79.1 Å². The zero-order valence-corrected chi connectivity index (χ0v) is 15.5. The zero-order valence-electron chi connectivity index (χ0n) is 15.5. The highest BCUT2D eigenvalue weighted by molar-refractivity contribution is 6.03. The summed E-state index contributed by atoms with van der Waals surface area (Å²) in [5.41, 5.74) is 1.73. The van der Waals surface area contributed by atoms with Crippen molar-refractivity contribution in [3.63, 3.8) is 0 Å². The average molecular weight is 336 g/mol. The van der Waals surface area contributed by atoms with Crippen molar-refractivity contribution < 1.29 is 19.8 Å². The molecule has 0 fully saturated rings. The average Bonchev–Trinajstić information content (AvgIpc) is 2.55. The van der Waals surface area contributed by atoms with Crippen LogP contribution in [0.2, 0.25) is 0 Å². The molecule has 136 valence electrons. The van der Waals surface area contributed by atoms with Crippen molar-refractivity contribution in [1.82, 2.24) is 0 Å². The number of carboxylic acid groups (broad SMARTS) is 2. The molecule has 4 heteroatoms. The molecule has 0 atom stereocenters. The van der Waals surface area contributed by atoms with Crippen LogP contribution in [0.4, 0.5) is 0 Å². The Kier molecular flexibility index (Phi) is 11.6. The van der Waals surface area contributed by atoms with E-state index in [0.717, 1.165) is 62.5 Å². The Morgan fingerprint density at radius 2 is 1.04 bits per heavy atom. The first-order valence-electron chi connectivity index (χ1n) is 9.00. The molecule has 2 N–H and O–H groups in total. The molecule has 0 aliphatic rings. The van der Waals surface area contributed by atoms with Gasteiger partial charge in [-0.25, -0.2) is 9.59 Å². The van der Waals surface area contributed by atoms with Crippen LogP contribution in [0, 0.1) is 0 Å². The van der Waals surface area contributed by atoms with Gasteiger partial charge in [-0.3, -0.25) is 0 Å². The highest BCUT2D eigenvalue weighted by Gasteiger charge is 2.18. The Morgan fingerprint density at radius 1 is 0.708 bits per heavy atom. The number of hydrogen-bond acceptors (Lipinski definition) is 2. The van der Waals surface area contributed by atoms with Gasteiger partial charge in [0.2, 0.25) is 0 Å². The molecule has 0 heterocycles. The third-order valence-corrected chi connectivity index (χ3v) is 4.06. The third kappa shape index (κ3) is 8.14. The van der Waals surface area contributed by atoms with E-state index in [9.17, 15) is 19.8 Å². The quantitative estimate of drug-likeness (QED) is 0.364. The van der Waals surface area contributed by atoms with Crippen molar-refractivity contribution in [2.24, 2.45) is 0 Å². The molecule has 0 bridgehead atoms. The van der Waals surface area contributed by atoms with Crippen LogP contribution in [-0.4, -0.2) is 22.2 Å². The maximum atomic E-state index is 11.7. The summed E-state index contributed by atoms with van der Waals surface area (Å²) in [6.07, 6.45) is 10.2. The second-order valence-electron chi connectivity index (χ2n) is 5.96. The molecule has 24 heavy (non-hydrogen) atoms. The van der Waals surface area contributed by atoms with Gasteiger partial charge >= 0.3 is 11.9 Å². The molecule has 0 saturated carbocycles. The first-order chi connectivity index (χ1) is 11.4. The van der Waals surface area contributed by atoms with Gasteiger partial charge in [-0.05, 0) is 50.7 Å². The maximum Gasteiger partial charge on any atom is 0.336 e. The monoisotopic (exact) mass is 336 g/mol. The minimum absolute atomic E-state index is 0.113. The van der Waals surface area contributed by atoms with Crippen LogP contribution in [-0.2, 0) is 9.59 Å². The van der Waals surface area contributed by atoms with Gasteiger partial charge in [-0.2, -0.15) is 0 Å². The molecule has 0 aliphatic heterocycles. The molecule has 0 aliphatic carbocycles. The van der Waals surface area contributed by atoms with Crippen LogP contribution in [0.1, 0.15) is 79.1 Å². The fourth-order valence-electron chi connectivity index (χ4n) is 2.43. The second-order valence-corrected chi connectivity index (χ2v) is 5.96. The Bertz CT molecular complexity index is 464. The van der Waals surface area contributed by atoms with Crippen LogP contribution in [0.5, 0.6) is 0 Å². The van der Waals surface area contributed by atoms with Gasteiger partial charge in [0.05, 0.1) is 11.1 Å². The van der Waals surface area contributed by atoms with E-state index >= 15 is 0 Å². The number of aliphatic carboxylic acids is 2. The topological polar surface area (TPSA) is 74.6 Å². The number of rotatable bonds is 12. The number of carboxylic acids is 2. The fraction of sp³-hybridized carbons (Fsp3) is 0.600. The predicted octanol–water partition coefficient (Wildman–Crippen LogP) is 5.51. The van der Waals surface area contributed by atoms with Crippen molar-refractivity contribution in [1.29, 1.82) is 0 Å². The standard InChI is InChI=1S/C20H32O4/c1-5-9-11-15(7-3)13-17(19(21)22)18(20(23)24)14-16(8-4)12-10-6-2/h13-14H,5-12H2,1-4H3,(H,21,22)(H,23,24)/b15-13?,16-14?,18-17+. The van der Waals surface area contributed by atoms with Gasteiger partial charge in [0.1, 0.15) is 0 Å². The highest BCUT2D eigenvalue weighted by atomic mass is 16.4. The van der Waals surface area contributed by atoms with Crippen LogP contribution >= 0.6 is 0 Å². The smallest absolute Gasteiger partial charge is 0.336 e. The van der Waals surface area contributed by atoms with E-state index < -0.39 is 11.9 Å². The maximum absolute atomic E-state index is 11.7. The molecule has 0 unspecified atom stereocenters. The molecule has 0 saturated heterocycles. The molecule has 0 aromatic heterocycles. The van der Waals surface area contributed by atoms with E-state index in [4.69, 9.17) is 0 Å². The summed E-state index contributed by atoms with van der Waals surface area (Å²) in [6, 6.07) is 0. The molecule has 0 amide bonds. The lowest BCUT2D eigenvalue weighted by molar-refractivity contribution is -0.135. The van der Waals surface area contributed by atoms with Gasteiger partial charge in [0.15, 0.2) is 0 Å². The van der Waals surface area contributed by atoms with Crippen molar-refractivity contribution in [2.75, 3.05) is 0 Å². The third-order valence-electron chi connectivity index (χ3n) is 4.06. The molecule has 0 aromatic carbocycles. The molecule has 0 rings (SSSR count). The lowest BCUT2D eigenvalue weighted by atomic mass is 9.97. The lowest BCUT2D eigenvalue weighted by Gasteiger charge is -2.09. The lowest BCUT2D eigenvalue weighted by Crippen LogP contribution is -2.10. The summed E-state index contributed by atoms with van der Waals surface area (Å²) < 4.78 is 0. The van der Waals surface area contributed by atoms with Crippen LogP contribution in [0.3, 0.4) is 0 Å². The predicted molar refractivity (Wildman–Crippen MR) is 98.1 cm³/mol. The van der Waals surface area contributed by atoms with Gasteiger partial charge in [-0.15, -0.1) is 0 Å². The van der Waals surface area contributed by atoms with E-state index in [1.165, 1.54) is 0 Å². The number of carbonyl (C=O) groups is 2. The Hall–Kier alpha value is -1.84. The highest BCUT2D eigenvalue weighted by Crippen LogP contribution is 2.21. The fourth-order valence-corrected chi connectivity index (χ4v) is 2.43. The van der Waals surface area contributed by atoms with E-state index in [1.54, 1.807) is 12.2 Å². The van der Waals surface area contributed by atoms with Crippen molar-refractivity contribution >= 4 is 11.9 Å². The molecule has 0 aromatic rings. The van der Waals surface area contributed by atoms with Gasteiger partial charge in [0.25, 0.3) is 0 Å². The van der Waals surface area contributed by atoms with Crippen LogP contribution in [0.25, 0.3) is 0 Å². The largest absolute Gasteiger partial charge is 0.478 e. The number of allylic oxidation sites excluding steroid dienone is 2. The molecular weight excluding hydrogens is 304 g/mol. The SMILES string of the molecule is CCCCC(=C/C(C(=O)O)=C(/C=C(CC)CCCC)C(=O)O)CC. The number of hydrogen-bond donors (Lipinski definition) is 2. The summed E-state index contributed by atoms with van der Waals surface area (Å²) in [6.45, 7) is 8.09. The Balaban J connectivity index is 5.98. The van der Waals surface area contributed by atoms with E-state index in [-0.39, 0.29) is 11.1 Å². The summed E-state index contributed by atoms with van der Waals surface area (Å²) in [5.74, 6) is -2.37. The van der Waals surface area contributed by atoms with E-state index in [0.29, 0.717) is 0 Å². The van der Waals surface area contributed by atoms with E-state index in [2.05, 4.69) is 13.8 Å².